The van der Waals surface area contributed by atoms with E-state index in [9.17, 15) is 4.79 Å². The van der Waals surface area contributed by atoms with E-state index < -0.39 is 0 Å². The van der Waals surface area contributed by atoms with Crippen molar-refractivity contribution in [2.45, 2.75) is 51.5 Å². The van der Waals surface area contributed by atoms with Gasteiger partial charge in [-0.3, -0.25) is 4.79 Å². The standard InChI is InChI=1S/C15H22N2O/c1-9(2-3-16)15(18)17-14-12-5-10-4-11(7-12)8-13(14)6-10/h9-14H,2,4-8H2,1H3,(H,17,18). The number of amides is 1. The lowest BCUT2D eigenvalue weighted by Gasteiger charge is -2.54. The monoisotopic (exact) mass is 246 g/mol. The Labute approximate surface area is 109 Å². The van der Waals surface area contributed by atoms with E-state index in [2.05, 4.69) is 11.4 Å². The van der Waals surface area contributed by atoms with Crippen LogP contribution in [-0.2, 0) is 4.79 Å². The van der Waals surface area contributed by atoms with Crippen molar-refractivity contribution in [3.05, 3.63) is 0 Å². The van der Waals surface area contributed by atoms with Crippen LogP contribution < -0.4 is 5.32 Å². The van der Waals surface area contributed by atoms with Gasteiger partial charge in [0.1, 0.15) is 0 Å². The Bertz CT molecular complexity index is 356. The zero-order valence-electron chi connectivity index (χ0n) is 11.1. The van der Waals surface area contributed by atoms with E-state index in [0.717, 1.165) is 23.7 Å². The van der Waals surface area contributed by atoms with Gasteiger partial charge in [-0.2, -0.15) is 5.26 Å². The summed E-state index contributed by atoms with van der Waals surface area (Å²) in [5, 5.41) is 11.9. The maximum atomic E-state index is 12.1. The smallest absolute Gasteiger partial charge is 0.224 e. The van der Waals surface area contributed by atoms with Crippen LogP contribution in [-0.4, -0.2) is 11.9 Å². The van der Waals surface area contributed by atoms with Crippen molar-refractivity contribution in [2.24, 2.45) is 29.6 Å². The van der Waals surface area contributed by atoms with E-state index in [4.69, 9.17) is 5.26 Å². The van der Waals surface area contributed by atoms with Gasteiger partial charge in [0.25, 0.3) is 0 Å². The molecule has 1 unspecified atom stereocenters. The summed E-state index contributed by atoms with van der Waals surface area (Å²) in [4.78, 5) is 12.1. The first-order valence-corrected chi connectivity index (χ1v) is 7.34. The minimum Gasteiger partial charge on any atom is -0.353 e. The van der Waals surface area contributed by atoms with Gasteiger partial charge < -0.3 is 5.32 Å². The quantitative estimate of drug-likeness (QED) is 0.831. The molecule has 1 atom stereocenters. The van der Waals surface area contributed by atoms with Gasteiger partial charge in [-0.05, 0) is 55.8 Å². The van der Waals surface area contributed by atoms with Gasteiger partial charge in [-0.15, -0.1) is 0 Å². The minimum absolute atomic E-state index is 0.0917. The second kappa shape index (κ2) is 4.57. The first-order valence-electron chi connectivity index (χ1n) is 7.34. The molecular formula is C15H22N2O. The van der Waals surface area contributed by atoms with Crippen molar-refractivity contribution in [3.8, 4) is 6.07 Å². The molecule has 1 N–H and O–H groups in total. The van der Waals surface area contributed by atoms with Crippen molar-refractivity contribution in [3.63, 3.8) is 0 Å². The predicted molar refractivity (Wildman–Crippen MR) is 68.4 cm³/mol. The molecule has 4 bridgehead atoms. The molecule has 4 aliphatic carbocycles. The summed E-state index contributed by atoms with van der Waals surface area (Å²) in [6, 6.07) is 2.50. The van der Waals surface area contributed by atoms with Crippen molar-refractivity contribution in [2.75, 3.05) is 0 Å². The fraction of sp³-hybridized carbons (Fsp3) is 0.867. The summed E-state index contributed by atoms with van der Waals surface area (Å²) >= 11 is 0. The molecule has 0 aromatic carbocycles. The lowest BCUT2D eigenvalue weighted by atomic mass is 9.54. The Morgan fingerprint density at radius 2 is 1.78 bits per heavy atom. The molecule has 0 aliphatic heterocycles. The highest BCUT2D eigenvalue weighted by atomic mass is 16.1. The summed E-state index contributed by atoms with van der Waals surface area (Å²) in [5.74, 6) is 3.26. The molecule has 0 radical (unpaired) electrons. The molecule has 1 amide bonds. The molecule has 4 saturated carbocycles. The van der Waals surface area contributed by atoms with Gasteiger partial charge in [0.2, 0.25) is 5.91 Å². The lowest BCUT2D eigenvalue weighted by Crippen LogP contribution is -2.56. The number of nitrogens with one attached hydrogen (secondary N) is 1. The first kappa shape index (κ1) is 12.0. The zero-order valence-corrected chi connectivity index (χ0v) is 11.1. The van der Waals surface area contributed by atoms with Gasteiger partial charge in [0.05, 0.1) is 6.07 Å². The number of nitrogens with zero attached hydrogens (tertiary/aromatic N) is 1. The second-order valence-electron chi connectivity index (χ2n) is 6.73. The highest BCUT2D eigenvalue weighted by Crippen LogP contribution is 2.53. The number of carbonyl (C=O) groups is 1. The molecule has 0 aromatic heterocycles. The molecule has 4 rings (SSSR count). The third-order valence-electron chi connectivity index (χ3n) is 5.38. The second-order valence-corrected chi connectivity index (χ2v) is 6.73. The molecule has 98 valence electrons. The van der Waals surface area contributed by atoms with Crippen LogP contribution in [0.1, 0.15) is 45.4 Å². The summed E-state index contributed by atoms with van der Waals surface area (Å²) < 4.78 is 0. The number of carbonyl (C=O) groups excluding carboxylic acids is 1. The molecule has 0 heterocycles. The fourth-order valence-corrected chi connectivity index (χ4v) is 4.70. The Morgan fingerprint density at radius 3 is 2.28 bits per heavy atom. The Kier molecular flexibility index (Phi) is 3.05. The van der Waals surface area contributed by atoms with Gasteiger partial charge in [-0.25, -0.2) is 0 Å². The van der Waals surface area contributed by atoms with Crippen molar-refractivity contribution in [1.82, 2.24) is 5.32 Å². The zero-order chi connectivity index (χ0) is 12.7. The van der Waals surface area contributed by atoms with Crippen molar-refractivity contribution < 1.29 is 4.79 Å². The topological polar surface area (TPSA) is 52.9 Å². The van der Waals surface area contributed by atoms with Crippen LogP contribution in [0.3, 0.4) is 0 Å². The first-order chi connectivity index (χ1) is 8.67. The molecule has 18 heavy (non-hydrogen) atoms. The van der Waals surface area contributed by atoms with Crippen LogP contribution in [0.2, 0.25) is 0 Å². The molecule has 4 fully saturated rings. The Hall–Kier alpha value is -1.04. The maximum absolute atomic E-state index is 12.1. The Balaban J connectivity index is 1.63. The number of rotatable bonds is 3. The molecule has 3 nitrogen and oxygen atoms in total. The average Bonchev–Trinajstić information content (AvgIpc) is 2.33. The van der Waals surface area contributed by atoms with Gasteiger partial charge in [0, 0.05) is 18.4 Å². The van der Waals surface area contributed by atoms with Crippen LogP contribution >= 0.6 is 0 Å². The number of nitriles is 1. The largest absolute Gasteiger partial charge is 0.353 e. The summed E-state index contributed by atoms with van der Waals surface area (Å²) in [6.45, 7) is 1.86. The summed E-state index contributed by atoms with van der Waals surface area (Å²) in [7, 11) is 0. The van der Waals surface area contributed by atoms with Gasteiger partial charge >= 0.3 is 0 Å². The van der Waals surface area contributed by atoms with Crippen molar-refractivity contribution in [1.29, 1.82) is 5.26 Å². The van der Waals surface area contributed by atoms with Crippen LogP contribution in [0.15, 0.2) is 0 Å². The van der Waals surface area contributed by atoms with Crippen LogP contribution in [0.4, 0.5) is 0 Å². The van der Waals surface area contributed by atoms with Gasteiger partial charge in [0.15, 0.2) is 0 Å². The molecule has 3 heteroatoms. The van der Waals surface area contributed by atoms with E-state index in [-0.39, 0.29) is 11.8 Å². The third kappa shape index (κ3) is 2.02. The minimum atomic E-state index is -0.160. The fourth-order valence-electron chi connectivity index (χ4n) is 4.70. The molecule has 0 spiro atoms. The van der Waals surface area contributed by atoms with Crippen LogP contribution in [0, 0.1) is 40.9 Å². The summed E-state index contributed by atoms with van der Waals surface area (Å²) in [5.41, 5.74) is 0. The van der Waals surface area contributed by atoms with Crippen LogP contribution in [0.5, 0.6) is 0 Å². The highest BCUT2D eigenvalue weighted by Gasteiger charge is 2.48. The molecular weight excluding hydrogens is 224 g/mol. The van der Waals surface area contributed by atoms with Crippen molar-refractivity contribution >= 4 is 5.91 Å². The highest BCUT2D eigenvalue weighted by molar-refractivity contribution is 5.78. The van der Waals surface area contributed by atoms with E-state index >= 15 is 0 Å². The lowest BCUT2D eigenvalue weighted by molar-refractivity contribution is -0.128. The molecule has 4 aliphatic rings. The average molecular weight is 246 g/mol. The molecule has 0 saturated heterocycles. The van der Waals surface area contributed by atoms with E-state index in [0.29, 0.717) is 12.5 Å². The normalized spacial score (nSPS) is 42.3. The predicted octanol–water partition coefficient (Wildman–Crippen LogP) is 2.48. The molecule has 0 aromatic rings. The number of hydrogen-bond acceptors (Lipinski definition) is 2. The maximum Gasteiger partial charge on any atom is 0.224 e. The SMILES string of the molecule is CC(CC#N)C(=O)NC1C2CC3CC(C2)CC1C3. The van der Waals surface area contributed by atoms with E-state index in [1.807, 2.05) is 6.92 Å². The summed E-state index contributed by atoms with van der Waals surface area (Å²) in [6.07, 6.45) is 7.07. The van der Waals surface area contributed by atoms with E-state index in [1.54, 1.807) is 0 Å². The van der Waals surface area contributed by atoms with Gasteiger partial charge in [-0.1, -0.05) is 6.92 Å². The van der Waals surface area contributed by atoms with Crippen LogP contribution in [0.25, 0.3) is 0 Å². The van der Waals surface area contributed by atoms with E-state index in [1.165, 1.54) is 32.1 Å². The Morgan fingerprint density at radius 1 is 1.22 bits per heavy atom. The number of hydrogen-bond donors (Lipinski definition) is 1. The third-order valence-corrected chi connectivity index (χ3v) is 5.38.